The highest BCUT2D eigenvalue weighted by Crippen LogP contribution is 2.30. The summed E-state index contributed by atoms with van der Waals surface area (Å²) in [6.45, 7) is 0.143. The first-order valence-corrected chi connectivity index (χ1v) is 7.56. The third kappa shape index (κ3) is 4.87. The highest BCUT2D eigenvalue weighted by molar-refractivity contribution is 6.55. The number of aliphatic hydroxyl groups excluding tert-OH is 1. The van der Waals surface area contributed by atoms with Crippen molar-refractivity contribution >= 4 is 25.4 Å². The summed E-state index contributed by atoms with van der Waals surface area (Å²) in [6, 6.07) is 5.16. The summed E-state index contributed by atoms with van der Waals surface area (Å²) in [5, 5.41) is 21.8. The molecule has 1 aromatic carbocycles. The monoisotopic (exact) mass is 337 g/mol. The van der Waals surface area contributed by atoms with Gasteiger partial charge in [0.05, 0.1) is 11.8 Å². The minimum absolute atomic E-state index is 0.0371. The molecule has 1 heterocycles. The first-order valence-electron chi connectivity index (χ1n) is 7.56. The van der Waals surface area contributed by atoms with Crippen LogP contribution in [-0.4, -0.2) is 55.4 Å². The van der Waals surface area contributed by atoms with Gasteiger partial charge in [0.25, 0.3) is 0 Å². The first kappa shape index (κ1) is 18.1. The molecule has 0 aromatic heterocycles. The Kier molecular flexibility index (Phi) is 6.05. The first-order chi connectivity index (χ1) is 11.4. The number of aliphatic carboxylic acids is 1. The molecule has 1 aliphatic rings. The molecule has 0 saturated carbocycles. The van der Waals surface area contributed by atoms with Crippen LogP contribution in [-0.2, 0) is 20.9 Å². The van der Waals surface area contributed by atoms with Crippen molar-refractivity contribution in [3.05, 3.63) is 23.8 Å². The van der Waals surface area contributed by atoms with E-state index in [1.807, 2.05) is 0 Å². The molecule has 1 saturated heterocycles. The molecule has 2 rings (SSSR count). The van der Waals surface area contributed by atoms with Gasteiger partial charge < -0.3 is 29.7 Å². The molecule has 8 nitrogen and oxygen atoms in total. The van der Waals surface area contributed by atoms with Crippen molar-refractivity contribution in [3.8, 4) is 5.75 Å². The number of anilines is 1. The molecule has 1 aliphatic heterocycles. The van der Waals surface area contributed by atoms with Crippen LogP contribution >= 0.6 is 0 Å². The van der Waals surface area contributed by atoms with E-state index in [1.54, 1.807) is 25.2 Å². The second kappa shape index (κ2) is 8.03. The number of benzene rings is 1. The van der Waals surface area contributed by atoms with Crippen LogP contribution in [0.1, 0.15) is 18.4 Å². The number of carbonyl (C=O) groups excluding carboxylic acids is 1. The Morgan fingerprint density at radius 1 is 1.42 bits per heavy atom. The van der Waals surface area contributed by atoms with Crippen LogP contribution in [0.25, 0.3) is 0 Å². The second-order valence-electron chi connectivity index (χ2n) is 5.50. The fourth-order valence-corrected chi connectivity index (χ4v) is 2.39. The molecule has 0 bridgehead atoms. The molecular formula is C15H20BNO7. The van der Waals surface area contributed by atoms with E-state index in [4.69, 9.17) is 19.3 Å². The van der Waals surface area contributed by atoms with E-state index in [0.29, 0.717) is 11.4 Å². The van der Waals surface area contributed by atoms with E-state index in [0.717, 1.165) is 5.56 Å². The second-order valence-corrected chi connectivity index (χ2v) is 5.50. The van der Waals surface area contributed by atoms with Crippen LogP contribution in [0, 0.1) is 0 Å². The molecule has 1 fully saturated rings. The van der Waals surface area contributed by atoms with Crippen LogP contribution < -0.4 is 10.1 Å². The lowest BCUT2D eigenvalue weighted by molar-refractivity contribution is -0.195. The lowest BCUT2D eigenvalue weighted by Gasteiger charge is -2.31. The van der Waals surface area contributed by atoms with Crippen LogP contribution in [0.4, 0.5) is 10.5 Å². The summed E-state index contributed by atoms with van der Waals surface area (Å²) < 4.78 is 16.0. The van der Waals surface area contributed by atoms with Crippen LogP contribution in [0.5, 0.6) is 5.75 Å². The minimum atomic E-state index is -1.13. The summed E-state index contributed by atoms with van der Waals surface area (Å²) in [5.41, 5.74) is 1.41. The number of carboxylic acid groups (broad SMARTS) is 1. The number of aliphatic hydroxyl groups is 1. The van der Waals surface area contributed by atoms with Crippen LogP contribution in [0.2, 0.25) is 0 Å². The lowest BCUT2D eigenvalue weighted by Crippen LogP contribution is -2.42. The number of carboxylic acids is 1. The van der Waals surface area contributed by atoms with Gasteiger partial charge in [-0.05, 0) is 17.7 Å². The van der Waals surface area contributed by atoms with Gasteiger partial charge >= 0.3 is 5.97 Å². The number of nitrogens with one attached hydrogen (secondary N) is 1. The molecular weight excluding hydrogens is 317 g/mol. The van der Waals surface area contributed by atoms with Crippen molar-refractivity contribution in [3.63, 3.8) is 0 Å². The van der Waals surface area contributed by atoms with Gasteiger partial charge in [-0.3, -0.25) is 4.79 Å². The highest BCUT2D eigenvalue weighted by Gasteiger charge is 2.34. The molecule has 0 spiro atoms. The van der Waals surface area contributed by atoms with E-state index < -0.39 is 24.5 Å². The summed E-state index contributed by atoms with van der Waals surface area (Å²) >= 11 is 0. The molecule has 0 amide bonds. The lowest BCUT2D eigenvalue weighted by atomic mass is 10.1. The Morgan fingerprint density at radius 3 is 2.79 bits per heavy atom. The molecule has 24 heavy (non-hydrogen) atoms. The number of carbonyl (C=O) groups is 2. The summed E-state index contributed by atoms with van der Waals surface area (Å²) in [6.07, 6.45) is -2.54. The molecule has 3 atom stereocenters. The average molecular weight is 337 g/mol. The van der Waals surface area contributed by atoms with Gasteiger partial charge in [0, 0.05) is 19.9 Å². The zero-order valence-corrected chi connectivity index (χ0v) is 13.5. The molecule has 0 radical (unpaired) electrons. The fraction of sp³-hybridized carbons (Fsp3) is 0.467. The number of ether oxygens (including phenoxy) is 3. The van der Waals surface area contributed by atoms with Crippen LogP contribution in [0.3, 0.4) is 0 Å². The predicted molar refractivity (Wildman–Crippen MR) is 86.9 cm³/mol. The Bertz CT molecular complexity index is 609. The predicted octanol–water partition coefficient (Wildman–Crippen LogP) is 0.327. The standard InChI is InChI=1S/C15H20BNO7/c1-17-10-4-8(7-22-15(16)21)2-3-11(10)23-13-6-9(18)5-12(24-13)14(19)20/h2-4,9,12-13,17-18H,5-7,16H2,1H3,(H,19,20)/t9-,12-,13+/m0/s1. The molecule has 1 aromatic rings. The van der Waals surface area contributed by atoms with Gasteiger partial charge in [0.2, 0.25) is 20.0 Å². The van der Waals surface area contributed by atoms with Crippen molar-refractivity contribution in [2.75, 3.05) is 12.4 Å². The third-order valence-corrected chi connectivity index (χ3v) is 3.56. The third-order valence-electron chi connectivity index (χ3n) is 3.56. The molecule has 130 valence electrons. The van der Waals surface area contributed by atoms with E-state index in [2.05, 4.69) is 5.32 Å². The highest BCUT2D eigenvalue weighted by atomic mass is 16.7. The van der Waals surface area contributed by atoms with E-state index in [1.165, 1.54) is 7.85 Å². The average Bonchev–Trinajstić information content (AvgIpc) is 2.53. The number of hydrogen-bond donors (Lipinski definition) is 3. The zero-order valence-electron chi connectivity index (χ0n) is 13.5. The Hall–Kier alpha value is -2.26. The molecule has 0 unspecified atom stereocenters. The number of rotatable bonds is 6. The van der Waals surface area contributed by atoms with Crippen molar-refractivity contribution in [1.29, 1.82) is 0 Å². The SMILES string of the molecule is BC(=O)OCc1ccc(O[C@H]2C[C@@H](O)C[C@@H](C(=O)O)O2)c(NC)c1. The van der Waals surface area contributed by atoms with Gasteiger partial charge in [-0.2, -0.15) is 0 Å². The van der Waals surface area contributed by atoms with Crippen LogP contribution in [0.15, 0.2) is 18.2 Å². The van der Waals surface area contributed by atoms with Gasteiger partial charge in [-0.15, -0.1) is 0 Å². The van der Waals surface area contributed by atoms with Gasteiger partial charge in [0.15, 0.2) is 6.10 Å². The summed E-state index contributed by atoms with van der Waals surface area (Å²) in [4.78, 5) is 21.9. The zero-order chi connectivity index (χ0) is 17.7. The van der Waals surface area contributed by atoms with Crippen molar-refractivity contribution in [2.45, 2.75) is 37.9 Å². The van der Waals surface area contributed by atoms with Gasteiger partial charge in [-0.1, -0.05) is 6.07 Å². The Labute approximate surface area is 140 Å². The smallest absolute Gasteiger partial charge is 0.333 e. The topological polar surface area (TPSA) is 114 Å². The quantitative estimate of drug-likeness (QED) is 0.636. The fourth-order valence-electron chi connectivity index (χ4n) is 2.39. The van der Waals surface area contributed by atoms with E-state index >= 15 is 0 Å². The van der Waals surface area contributed by atoms with Crippen molar-refractivity contribution < 1.29 is 34.0 Å². The maximum absolute atomic E-state index is 11.0. The Balaban J connectivity index is 2.08. The van der Waals surface area contributed by atoms with Gasteiger partial charge in [-0.25, -0.2) is 4.79 Å². The maximum Gasteiger partial charge on any atom is 0.333 e. The van der Waals surface area contributed by atoms with E-state index in [-0.39, 0.29) is 25.3 Å². The van der Waals surface area contributed by atoms with Crippen molar-refractivity contribution in [2.24, 2.45) is 0 Å². The maximum atomic E-state index is 11.0. The minimum Gasteiger partial charge on any atom is -0.479 e. The van der Waals surface area contributed by atoms with E-state index in [9.17, 15) is 14.7 Å². The van der Waals surface area contributed by atoms with Crippen molar-refractivity contribution in [1.82, 2.24) is 0 Å². The molecule has 9 heteroatoms. The summed E-state index contributed by atoms with van der Waals surface area (Å²) in [7, 11) is 3.04. The van der Waals surface area contributed by atoms with Gasteiger partial charge in [0.1, 0.15) is 12.4 Å². The largest absolute Gasteiger partial charge is 0.479 e. The molecule has 0 aliphatic carbocycles. The Morgan fingerprint density at radius 2 is 2.17 bits per heavy atom. The summed E-state index contributed by atoms with van der Waals surface area (Å²) in [5.74, 6) is -1.05. The molecule has 3 N–H and O–H groups in total. The number of hydrogen-bond acceptors (Lipinski definition) is 7. The normalized spacial score (nSPS) is 23.3.